The Hall–Kier alpha value is -3.35. The van der Waals surface area contributed by atoms with E-state index in [9.17, 15) is 0 Å². The fourth-order valence-electron chi connectivity index (χ4n) is 2.85. The van der Waals surface area contributed by atoms with Crippen molar-refractivity contribution >= 4 is 28.4 Å². The molecule has 0 atom stereocenters. The maximum atomic E-state index is 4.67. The minimum Gasteiger partial charge on any atom is -0.387 e. The third-order valence-corrected chi connectivity index (χ3v) is 4.18. The van der Waals surface area contributed by atoms with Gasteiger partial charge in [0.15, 0.2) is 5.65 Å². The molecule has 4 rings (SSSR count). The second-order valence-electron chi connectivity index (χ2n) is 5.84. The highest BCUT2D eigenvalue weighted by atomic mass is 15.3. The van der Waals surface area contributed by atoms with Gasteiger partial charge in [0.1, 0.15) is 11.6 Å². The van der Waals surface area contributed by atoms with E-state index in [1.165, 1.54) is 0 Å². The number of fused-ring (bicyclic) bond motifs is 1. The number of nitrogens with one attached hydrogen (secondary N) is 2. The summed E-state index contributed by atoms with van der Waals surface area (Å²) in [6.45, 7) is 0. The summed E-state index contributed by atoms with van der Waals surface area (Å²) < 4.78 is 3.58. The van der Waals surface area contributed by atoms with Crippen LogP contribution in [0.2, 0.25) is 0 Å². The maximum Gasteiger partial charge on any atom is 0.161 e. The first-order valence-electron chi connectivity index (χ1n) is 8.02. The molecule has 3 heterocycles. The lowest BCUT2D eigenvalue weighted by atomic mass is 10.1. The van der Waals surface area contributed by atoms with Crippen LogP contribution in [-0.2, 0) is 14.1 Å². The van der Waals surface area contributed by atoms with Crippen LogP contribution >= 0.6 is 0 Å². The molecule has 7 nitrogen and oxygen atoms in total. The smallest absolute Gasteiger partial charge is 0.161 e. The SMILES string of the molecule is CNc1cc(Nc2cc(-c3ccccc3)nn2C)nc2c1cnn2C. The number of hydrogen-bond acceptors (Lipinski definition) is 5. The van der Waals surface area contributed by atoms with E-state index in [1.54, 1.807) is 4.68 Å². The Morgan fingerprint density at radius 1 is 1.00 bits per heavy atom. The summed E-state index contributed by atoms with van der Waals surface area (Å²) in [5, 5.41) is 16.4. The largest absolute Gasteiger partial charge is 0.387 e. The lowest BCUT2D eigenvalue weighted by molar-refractivity contribution is 0.777. The van der Waals surface area contributed by atoms with Crippen molar-refractivity contribution in [3.8, 4) is 11.3 Å². The molecule has 7 heteroatoms. The van der Waals surface area contributed by atoms with Crippen molar-refractivity contribution in [2.75, 3.05) is 17.7 Å². The maximum absolute atomic E-state index is 4.67. The summed E-state index contributed by atoms with van der Waals surface area (Å²) in [7, 11) is 5.69. The summed E-state index contributed by atoms with van der Waals surface area (Å²) >= 11 is 0. The molecule has 1 aromatic carbocycles. The van der Waals surface area contributed by atoms with Crippen molar-refractivity contribution in [2.45, 2.75) is 0 Å². The predicted molar refractivity (Wildman–Crippen MR) is 100.0 cm³/mol. The highest BCUT2D eigenvalue weighted by Gasteiger charge is 2.12. The third kappa shape index (κ3) is 2.69. The Morgan fingerprint density at radius 2 is 1.80 bits per heavy atom. The average molecular weight is 333 g/mol. The van der Waals surface area contributed by atoms with Gasteiger partial charge in [-0.2, -0.15) is 10.2 Å². The summed E-state index contributed by atoms with van der Waals surface area (Å²) in [6.07, 6.45) is 1.82. The second kappa shape index (κ2) is 5.94. The third-order valence-electron chi connectivity index (χ3n) is 4.18. The molecule has 0 fully saturated rings. The minimum atomic E-state index is 0.739. The fourth-order valence-corrected chi connectivity index (χ4v) is 2.85. The quantitative estimate of drug-likeness (QED) is 0.600. The highest BCUT2D eigenvalue weighted by Crippen LogP contribution is 2.27. The van der Waals surface area contributed by atoms with Gasteiger partial charge in [-0.3, -0.25) is 9.36 Å². The van der Waals surface area contributed by atoms with Crippen LogP contribution in [0.5, 0.6) is 0 Å². The van der Waals surface area contributed by atoms with Gasteiger partial charge >= 0.3 is 0 Å². The Balaban J connectivity index is 1.72. The molecule has 0 amide bonds. The van der Waals surface area contributed by atoms with Crippen molar-refractivity contribution in [3.63, 3.8) is 0 Å². The summed E-state index contributed by atoms with van der Waals surface area (Å²) in [5.41, 5.74) is 3.80. The molecule has 126 valence electrons. The van der Waals surface area contributed by atoms with E-state index in [0.717, 1.165) is 39.6 Å². The van der Waals surface area contributed by atoms with Gasteiger partial charge in [0, 0.05) is 38.8 Å². The Bertz CT molecular complexity index is 1030. The van der Waals surface area contributed by atoms with E-state index in [4.69, 9.17) is 0 Å². The van der Waals surface area contributed by atoms with Crippen molar-refractivity contribution < 1.29 is 0 Å². The van der Waals surface area contributed by atoms with Crippen LogP contribution in [0.3, 0.4) is 0 Å². The van der Waals surface area contributed by atoms with Crippen LogP contribution in [-0.4, -0.2) is 31.6 Å². The summed E-state index contributed by atoms with van der Waals surface area (Å²) in [6, 6.07) is 14.1. The van der Waals surface area contributed by atoms with Crippen molar-refractivity contribution in [1.29, 1.82) is 0 Å². The van der Waals surface area contributed by atoms with Gasteiger partial charge in [0.25, 0.3) is 0 Å². The van der Waals surface area contributed by atoms with Gasteiger partial charge in [-0.1, -0.05) is 30.3 Å². The van der Waals surface area contributed by atoms with Crippen LogP contribution in [0, 0.1) is 0 Å². The summed E-state index contributed by atoms with van der Waals surface area (Å²) in [4.78, 5) is 4.67. The number of pyridine rings is 1. The van der Waals surface area contributed by atoms with Gasteiger partial charge in [0.05, 0.1) is 23.0 Å². The number of rotatable bonds is 4. The van der Waals surface area contributed by atoms with E-state index in [0.29, 0.717) is 0 Å². The number of nitrogens with zero attached hydrogens (tertiary/aromatic N) is 5. The molecule has 0 aliphatic heterocycles. The van der Waals surface area contributed by atoms with Crippen molar-refractivity contribution in [2.24, 2.45) is 14.1 Å². The molecule has 0 spiro atoms. The summed E-state index contributed by atoms with van der Waals surface area (Å²) in [5.74, 6) is 1.61. The molecular weight excluding hydrogens is 314 g/mol. The van der Waals surface area contributed by atoms with Crippen molar-refractivity contribution in [3.05, 3.63) is 48.7 Å². The molecule has 0 aliphatic rings. The van der Waals surface area contributed by atoms with Gasteiger partial charge in [-0.15, -0.1) is 0 Å². The van der Waals surface area contributed by atoms with E-state index in [1.807, 2.05) is 74.5 Å². The molecule has 0 saturated carbocycles. The van der Waals surface area contributed by atoms with Crippen LogP contribution in [0.25, 0.3) is 22.3 Å². The van der Waals surface area contributed by atoms with Crippen LogP contribution in [0.15, 0.2) is 48.7 Å². The molecule has 3 aromatic heterocycles. The van der Waals surface area contributed by atoms with Crippen LogP contribution in [0.4, 0.5) is 17.3 Å². The minimum absolute atomic E-state index is 0.739. The van der Waals surface area contributed by atoms with Gasteiger partial charge in [-0.05, 0) is 0 Å². The molecule has 0 saturated heterocycles. The first-order chi connectivity index (χ1) is 12.2. The predicted octanol–water partition coefficient (Wildman–Crippen LogP) is 3.15. The number of aromatic nitrogens is 5. The topological polar surface area (TPSA) is 72.6 Å². The first-order valence-corrected chi connectivity index (χ1v) is 8.02. The lowest BCUT2D eigenvalue weighted by Crippen LogP contribution is -2.03. The van der Waals surface area contributed by atoms with Crippen LogP contribution in [0.1, 0.15) is 0 Å². The Labute approximate surface area is 145 Å². The normalized spacial score (nSPS) is 11.0. The zero-order valence-electron chi connectivity index (χ0n) is 14.4. The second-order valence-corrected chi connectivity index (χ2v) is 5.84. The lowest BCUT2D eigenvalue weighted by Gasteiger charge is -2.09. The molecular formula is C18H19N7. The monoisotopic (exact) mass is 333 g/mol. The molecule has 0 aliphatic carbocycles. The molecule has 0 bridgehead atoms. The molecule has 0 unspecified atom stereocenters. The molecule has 0 radical (unpaired) electrons. The van der Waals surface area contributed by atoms with E-state index >= 15 is 0 Å². The van der Waals surface area contributed by atoms with E-state index < -0.39 is 0 Å². The van der Waals surface area contributed by atoms with E-state index in [-0.39, 0.29) is 0 Å². The first kappa shape index (κ1) is 15.2. The Morgan fingerprint density at radius 3 is 2.56 bits per heavy atom. The average Bonchev–Trinajstić information content (AvgIpc) is 3.19. The van der Waals surface area contributed by atoms with Gasteiger partial charge in [0.2, 0.25) is 0 Å². The zero-order valence-corrected chi connectivity index (χ0v) is 14.4. The van der Waals surface area contributed by atoms with Crippen LogP contribution < -0.4 is 10.6 Å². The molecule has 4 aromatic rings. The number of hydrogen-bond donors (Lipinski definition) is 2. The van der Waals surface area contributed by atoms with Gasteiger partial charge in [-0.25, -0.2) is 4.98 Å². The zero-order chi connectivity index (χ0) is 17.4. The fraction of sp³-hybridized carbons (Fsp3) is 0.167. The number of aryl methyl sites for hydroxylation is 2. The number of anilines is 3. The highest BCUT2D eigenvalue weighted by molar-refractivity contribution is 5.91. The van der Waals surface area contributed by atoms with E-state index in [2.05, 4.69) is 25.8 Å². The van der Waals surface area contributed by atoms with Gasteiger partial charge < -0.3 is 10.6 Å². The standard InChI is InChI=1S/C18H19N7/c1-19-15-9-16(22-18-13(15)11-20-25(18)3)21-17-10-14(23-24(17)2)12-7-5-4-6-8-12/h4-11H,1-3H3,(H2,19,21,22). The molecule has 25 heavy (non-hydrogen) atoms. The number of benzene rings is 1. The Kier molecular flexibility index (Phi) is 3.61. The van der Waals surface area contributed by atoms with Crippen molar-refractivity contribution in [1.82, 2.24) is 24.5 Å². The molecule has 2 N–H and O–H groups in total.